The highest BCUT2D eigenvalue weighted by Gasteiger charge is 2.05. The van der Waals surface area contributed by atoms with Crippen LogP contribution in [0.15, 0.2) is 97.8 Å². The molecule has 9 N–H and O–H groups in total. The number of nitro groups is 1. The number of carbonyl (C=O) groups excluding carboxylic acids is 2. The molecule has 0 saturated heterocycles. The van der Waals surface area contributed by atoms with Gasteiger partial charge < -0.3 is 32.4 Å². The number of carbonyl (C=O) groups is 2. The molecule has 3 aromatic heterocycles. The van der Waals surface area contributed by atoms with Gasteiger partial charge in [0.25, 0.3) is 0 Å². The number of halogens is 1. The van der Waals surface area contributed by atoms with E-state index in [-0.39, 0.29) is 38.2 Å². The first-order valence-electron chi connectivity index (χ1n) is 13.0. The molecule has 246 valence electrons. The second kappa shape index (κ2) is 20.3. The molecule has 0 spiro atoms. The largest absolute Gasteiger partial charge is 0.449 e. The van der Waals surface area contributed by atoms with Crippen LogP contribution in [0.4, 0.5) is 44.5 Å². The SMILES string of the molecule is Nc1cnc(N)nc1.Nc1ncc(NC(=O)OCc2ccccc2)cn1.Nc1ncc([N+](=O)[O-])cn1.O=C(Cl)OCc1ccccc1.[HH]. The van der Waals surface area contributed by atoms with E-state index in [1.165, 1.54) is 24.8 Å². The van der Waals surface area contributed by atoms with Crippen molar-refractivity contribution in [3.05, 3.63) is 119 Å². The van der Waals surface area contributed by atoms with E-state index in [1.807, 2.05) is 60.7 Å². The smallest absolute Gasteiger partial charge is 0.412 e. The van der Waals surface area contributed by atoms with Crippen LogP contribution in [0.25, 0.3) is 0 Å². The van der Waals surface area contributed by atoms with Gasteiger partial charge in [-0.3, -0.25) is 15.4 Å². The zero-order valence-electron chi connectivity index (χ0n) is 24.4. The highest BCUT2D eigenvalue weighted by atomic mass is 35.5. The maximum Gasteiger partial charge on any atom is 0.412 e. The molecule has 0 bridgehead atoms. The number of rotatable bonds is 6. The number of hydrogen-bond acceptors (Lipinski definition) is 16. The van der Waals surface area contributed by atoms with E-state index in [4.69, 9.17) is 39.3 Å². The van der Waals surface area contributed by atoms with Gasteiger partial charge in [-0.15, -0.1) is 0 Å². The molecule has 0 radical (unpaired) electrons. The fraction of sp³-hybridized carbons (Fsp3) is 0.0714. The van der Waals surface area contributed by atoms with Gasteiger partial charge >= 0.3 is 17.2 Å². The number of ether oxygens (including phenoxy) is 2. The van der Waals surface area contributed by atoms with Crippen LogP contribution in [-0.4, -0.2) is 46.3 Å². The maximum atomic E-state index is 11.5. The average molecular weight is 667 g/mol. The van der Waals surface area contributed by atoms with Crippen LogP contribution in [0.2, 0.25) is 0 Å². The molecule has 18 nitrogen and oxygen atoms in total. The number of nitrogens with one attached hydrogen (secondary N) is 1. The summed E-state index contributed by atoms with van der Waals surface area (Å²) in [4.78, 5) is 52.6. The third kappa shape index (κ3) is 16.7. The van der Waals surface area contributed by atoms with Crippen LogP contribution in [0.3, 0.4) is 0 Å². The van der Waals surface area contributed by atoms with Gasteiger partial charge in [-0.05, 0) is 11.1 Å². The Balaban J connectivity index is 0.000000335. The second-order valence-electron chi connectivity index (χ2n) is 8.46. The summed E-state index contributed by atoms with van der Waals surface area (Å²) in [6, 6.07) is 18.8. The summed E-state index contributed by atoms with van der Waals surface area (Å²) in [6.07, 6.45) is 7.29. The minimum Gasteiger partial charge on any atom is -0.449 e. The van der Waals surface area contributed by atoms with Crippen molar-refractivity contribution in [1.82, 2.24) is 29.9 Å². The van der Waals surface area contributed by atoms with Gasteiger partial charge in [-0.1, -0.05) is 60.7 Å². The van der Waals surface area contributed by atoms with Gasteiger partial charge in [-0.2, -0.15) is 0 Å². The van der Waals surface area contributed by atoms with Crippen molar-refractivity contribution in [2.45, 2.75) is 13.2 Å². The second-order valence-corrected chi connectivity index (χ2v) is 8.77. The highest BCUT2D eigenvalue weighted by molar-refractivity contribution is 6.61. The Labute approximate surface area is 273 Å². The number of amides is 1. The van der Waals surface area contributed by atoms with Crippen molar-refractivity contribution in [3.8, 4) is 0 Å². The lowest BCUT2D eigenvalue weighted by atomic mass is 10.2. The summed E-state index contributed by atoms with van der Waals surface area (Å²) < 4.78 is 9.58. The topological polar surface area (TPSA) is 289 Å². The number of hydrogen-bond donors (Lipinski definition) is 5. The predicted octanol–water partition coefficient (Wildman–Crippen LogP) is 4.22. The predicted molar refractivity (Wildman–Crippen MR) is 175 cm³/mol. The van der Waals surface area contributed by atoms with E-state index in [0.29, 0.717) is 11.4 Å². The van der Waals surface area contributed by atoms with E-state index < -0.39 is 16.4 Å². The van der Waals surface area contributed by atoms with Gasteiger partial charge in [0.1, 0.15) is 25.6 Å². The summed E-state index contributed by atoms with van der Waals surface area (Å²) in [5.74, 6) is 0.433. The number of nitrogen functional groups attached to an aromatic ring is 4. The summed E-state index contributed by atoms with van der Waals surface area (Å²) in [5, 5.41) is 12.5. The highest BCUT2D eigenvalue weighted by Crippen LogP contribution is 2.07. The number of nitrogens with two attached hydrogens (primary N) is 4. The van der Waals surface area contributed by atoms with E-state index in [9.17, 15) is 19.7 Å². The minimum atomic E-state index is -0.770. The number of nitrogens with zero attached hydrogens (tertiary/aromatic N) is 7. The molecular weight excluding hydrogens is 636 g/mol. The van der Waals surface area contributed by atoms with Crippen molar-refractivity contribution in [2.24, 2.45) is 0 Å². The number of anilines is 5. The molecule has 0 atom stereocenters. The average Bonchev–Trinajstić information content (AvgIpc) is 3.07. The van der Waals surface area contributed by atoms with E-state index >= 15 is 0 Å². The van der Waals surface area contributed by atoms with E-state index in [0.717, 1.165) is 23.5 Å². The number of benzene rings is 2. The first-order chi connectivity index (χ1) is 22.5. The van der Waals surface area contributed by atoms with Gasteiger partial charge in [-0.25, -0.2) is 39.5 Å². The van der Waals surface area contributed by atoms with E-state index in [2.05, 4.69) is 40.0 Å². The van der Waals surface area contributed by atoms with Crippen LogP contribution in [0, 0.1) is 10.1 Å². The zero-order chi connectivity index (χ0) is 34.4. The van der Waals surface area contributed by atoms with Gasteiger partial charge in [0, 0.05) is 13.0 Å². The summed E-state index contributed by atoms with van der Waals surface area (Å²) in [7, 11) is 0. The quantitative estimate of drug-likeness (QED) is 0.0962. The van der Waals surface area contributed by atoms with Crippen molar-refractivity contribution in [1.29, 1.82) is 0 Å². The lowest BCUT2D eigenvalue weighted by Gasteiger charge is -2.06. The molecule has 0 fully saturated rings. The minimum absolute atomic E-state index is 0. The Bertz CT molecular complexity index is 1640. The molecule has 5 aromatic rings. The fourth-order valence-corrected chi connectivity index (χ4v) is 2.82. The molecule has 0 aliphatic heterocycles. The molecule has 2 aromatic carbocycles. The molecule has 0 aliphatic rings. The Morgan fingerprint density at radius 3 is 1.51 bits per heavy atom. The molecule has 3 heterocycles. The van der Waals surface area contributed by atoms with Gasteiger partial charge in [0.05, 0.1) is 41.1 Å². The first kappa shape index (κ1) is 36.5. The maximum absolute atomic E-state index is 11.5. The molecule has 5 rings (SSSR count). The van der Waals surface area contributed by atoms with Crippen molar-refractivity contribution < 1.29 is 25.4 Å². The first-order valence-corrected chi connectivity index (χ1v) is 13.4. The Kier molecular flexibility index (Phi) is 15.8. The van der Waals surface area contributed by atoms with Crippen LogP contribution in [0.1, 0.15) is 12.6 Å². The zero-order valence-corrected chi connectivity index (χ0v) is 25.2. The molecule has 0 unspecified atom stereocenters. The van der Waals surface area contributed by atoms with Crippen LogP contribution in [0.5, 0.6) is 0 Å². The van der Waals surface area contributed by atoms with Crippen LogP contribution in [-0.2, 0) is 22.7 Å². The standard InChI is InChI=1S/C12H12N4O2.C8H7ClO2.C4H4N4O2.C4H6N4.H2/c13-11-14-6-10(7-15-11)16-12(17)18-8-9-4-2-1-3-5-9;9-8(10)11-6-7-4-2-1-3-5-7;5-4-6-1-3(2-7-4)8(9)10;5-3-1-7-4(6)8-2-3;/h1-7H,8H2,(H,16,17)(H2,13,14,15);1-5H,6H2;1-2H,(H2,5,6,7);1-2H,5H2,(H2,6,7,8);1H. The lowest BCUT2D eigenvalue weighted by molar-refractivity contribution is -0.385. The lowest BCUT2D eigenvalue weighted by Crippen LogP contribution is -2.14. The van der Waals surface area contributed by atoms with Crippen molar-refractivity contribution >= 4 is 58.0 Å². The van der Waals surface area contributed by atoms with Gasteiger partial charge in [0.15, 0.2) is 0 Å². The summed E-state index contributed by atoms with van der Waals surface area (Å²) >= 11 is 4.97. The molecule has 0 aliphatic carbocycles. The molecule has 1 amide bonds. The van der Waals surface area contributed by atoms with E-state index in [1.54, 1.807) is 0 Å². The Morgan fingerprint density at radius 1 is 0.702 bits per heavy atom. The number of aromatic nitrogens is 6. The Hall–Kier alpha value is -6.69. The van der Waals surface area contributed by atoms with Crippen molar-refractivity contribution in [2.75, 3.05) is 28.3 Å². The normalized spacial score (nSPS) is 9.38. The van der Waals surface area contributed by atoms with Crippen molar-refractivity contribution in [3.63, 3.8) is 0 Å². The summed E-state index contributed by atoms with van der Waals surface area (Å²) in [5.41, 5.74) is 22.7. The Morgan fingerprint density at radius 2 is 1.11 bits per heavy atom. The van der Waals surface area contributed by atoms with Crippen LogP contribution >= 0.6 is 11.6 Å². The third-order valence-corrected chi connectivity index (χ3v) is 5.00. The monoisotopic (exact) mass is 666 g/mol. The molecule has 0 saturated carbocycles. The van der Waals surface area contributed by atoms with Gasteiger partial charge in [0.2, 0.25) is 17.8 Å². The summed E-state index contributed by atoms with van der Waals surface area (Å²) in [6.45, 7) is 0.450. The molecule has 47 heavy (non-hydrogen) atoms. The molecular formula is C28H31ClN12O6. The molecule has 19 heteroatoms. The van der Waals surface area contributed by atoms with Crippen LogP contribution < -0.4 is 28.3 Å². The fourth-order valence-electron chi connectivity index (χ4n) is 2.77. The third-order valence-electron chi connectivity index (χ3n) is 4.89.